The van der Waals surface area contributed by atoms with Crippen LogP contribution in [0, 0.1) is 0 Å². The van der Waals surface area contributed by atoms with E-state index in [1.165, 1.54) is 12.4 Å². The molecule has 1 aromatic carbocycles. The molecule has 0 fully saturated rings. The van der Waals surface area contributed by atoms with Crippen LogP contribution in [0.25, 0.3) is 0 Å². The van der Waals surface area contributed by atoms with Crippen LogP contribution in [0.15, 0.2) is 36.7 Å². The van der Waals surface area contributed by atoms with Crippen molar-refractivity contribution < 1.29 is 4.79 Å². The third-order valence-corrected chi connectivity index (χ3v) is 2.52. The molecular weight excluding hydrogens is 252 g/mol. The number of nitrogens with two attached hydrogens (primary N) is 1. The summed E-state index contributed by atoms with van der Waals surface area (Å²) in [5.74, 6) is -0.248. The Balaban J connectivity index is 2.13. The number of nitrogens with zero attached hydrogens (tertiary/aromatic N) is 2. The van der Waals surface area contributed by atoms with Crippen molar-refractivity contribution in [3.63, 3.8) is 0 Å². The van der Waals surface area contributed by atoms with Gasteiger partial charge in [0.2, 0.25) is 0 Å². The normalized spacial score (nSPS) is 10.1. The Labute approximate surface area is 109 Å². The molecule has 2 rings (SSSR count). The number of benzene rings is 1. The number of carbonyl (C=O) groups is 1. The molecule has 0 aliphatic carbocycles. The molecule has 0 unspecified atom stereocenters. The standard InChI is InChI=1S/C12H11ClN4O/c13-9-3-1-2-8(6-9)7-17-12-10(11(14)18)15-4-5-16-12/h1-6H,7H2,(H2,14,18)(H,16,17). The molecule has 1 heterocycles. The molecule has 3 N–H and O–H groups in total. The van der Waals surface area contributed by atoms with E-state index in [9.17, 15) is 4.79 Å². The first-order valence-corrected chi connectivity index (χ1v) is 5.64. The van der Waals surface area contributed by atoms with E-state index in [2.05, 4.69) is 15.3 Å². The molecule has 0 aliphatic rings. The number of anilines is 1. The first-order chi connectivity index (χ1) is 8.66. The van der Waals surface area contributed by atoms with Gasteiger partial charge in [-0.2, -0.15) is 0 Å². The van der Waals surface area contributed by atoms with Crippen LogP contribution < -0.4 is 11.1 Å². The molecule has 0 aliphatic heterocycles. The monoisotopic (exact) mass is 262 g/mol. The van der Waals surface area contributed by atoms with Crippen molar-refractivity contribution in [2.45, 2.75) is 6.54 Å². The van der Waals surface area contributed by atoms with Crippen LogP contribution >= 0.6 is 11.6 Å². The third kappa shape index (κ3) is 2.95. The lowest BCUT2D eigenvalue weighted by Crippen LogP contribution is -2.17. The zero-order chi connectivity index (χ0) is 13.0. The first-order valence-electron chi connectivity index (χ1n) is 5.26. The number of hydrogen-bond donors (Lipinski definition) is 2. The predicted molar refractivity (Wildman–Crippen MR) is 69.3 cm³/mol. The number of hydrogen-bond acceptors (Lipinski definition) is 4. The minimum absolute atomic E-state index is 0.125. The Morgan fingerprint density at radius 1 is 1.33 bits per heavy atom. The van der Waals surface area contributed by atoms with Crippen LogP contribution in [-0.2, 0) is 6.54 Å². The van der Waals surface area contributed by atoms with Gasteiger partial charge in [-0.1, -0.05) is 23.7 Å². The SMILES string of the molecule is NC(=O)c1nccnc1NCc1cccc(Cl)c1. The number of rotatable bonds is 4. The minimum atomic E-state index is -0.614. The Hall–Kier alpha value is -2.14. The average Bonchev–Trinajstić information content (AvgIpc) is 2.37. The molecule has 2 aromatic rings. The molecule has 0 radical (unpaired) electrons. The van der Waals surface area contributed by atoms with Crippen molar-refractivity contribution in [2.24, 2.45) is 5.73 Å². The molecule has 0 saturated heterocycles. The van der Waals surface area contributed by atoms with Crippen LogP contribution in [-0.4, -0.2) is 15.9 Å². The van der Waals surface area contributed by atoms with Gasteiger partial charge in [0.15, 0.2) is 11.5 Å². The summed E-state index contributed by atoms with van der Waals surface area (Å²) in [5, 5.41) is 3.66. The van der Waals surface area contributed by atoms with Crippen LogP contribution in [0.1, 0.15) is 16.1 Å². The molecule has 6 heteroatoms. The van der Waals surface area contributed by atoms with E-state index in [0.29, 0.717) is 17.4 Å². The lowest BCUT2D eigenvalue weighted by atomic mass is 10.2. The van der Waals surface area contributed by atoms with Gasteiger partial charge in [-0.05, 0) is 17.7 Å². The zero-order valence-electron chi connectivity index (χ0n) is 9.43. The van der Waals surface area contributed by atoms with Crippen molar-refractivity contribution in [3.05, 3.63) is 52.9 Å². The molecule has 92 valence electrons. The number of halogens is 1. The van der Waals surface area contributed by atoms with Gasteiger partial charge in [-0.25, -0.2) is 9.97 Å². The highest BCUT2D eigenvalue weighted by Crippen LogP contribution is 2.13. The maximum atomic E-state index is 11.1. The number of carbonyl (C=O) groups excluding carboxylic acids is 1. The van der Waals surface area contributed by atoms with Gasteiger partial charge in [0.1, 0.15) is 0 Å². The highest BCUT2D eigenvalue weighted by atomic mass is 35.5. The van der Waals surface area contributed by atoms with Gasteiger partial charge < -0.3 is 11.1 Å². The number of nitrogens with one attached hydrogen (secondary N) is 1. The minimum Gasteiger partial charge on any atom is -0.364 e. The Bertz CT molecular complexity index is 574. The number of amides is 1. The van der Waals surface area contributed by atoms with Crippen LogP contribution in [0.2, 0.25) is 5.02 Å². The summed E-state index contributed by atoms with van der Waals surface area (Å²) in [6.07, 6.45) is 2.91. The summed E-state index contributed by atoms with van der Waals surface area (Å²) in [4.78, 5) is 19.1. The van der Waals surface area contributed by atoms with Gasteiger partial charge in [-0.15, -0.1) is 0 Å². The summed E-state index contributed by atoms with van der Waals surface area (Å²) < 4.78 is 0. The summed E-state index contributed by atoms with van der Waals surface area (Å²) in [5.41, 5.74) is 6.31. The van der Waals surface area contributed by atoms with Crippen molar-refractivity contribution in [1.29, 1.82) is 0 Å². The van der Waals surface area contributed by atoms with Crippen LogP contribution in [0.3, 0.4) is 0 Å². The molecule has 0 spiro atoms. The second-order valence-electron chi connectivity index (χ2n) is 3.60. The lowest BCUT2D eigenvalue weighted by Gasteiger charge is -2.08. The molecule has 5 nitrogen and oxygen atoms in total. The van der Waals surface area contributed by atoms with Gasteiger partial charge in [0, 0.05) is 24.0 Å². The smallest absolute Gasteiger partial charge is 0.271 e. The molecule has 0 atom stereocenters. The van der Waals surface area contributed by atoms with E-state index in [1.807, 2.05) is 18.2 Å². The van der Waals surface area contributed by atoms with Gasteiger partial charge in [-0.3, -0.25) is 4.79 Å². The van der Waals surface area contributed by atoms with E-state index < -0.39 is 5.91 Å². The zero-order valence-corrected chi connectivity index (χ0v) is 10.2. The second kappa shape index (κ2) is 5.46. The highest BCUT2D eigenvalue weighted by Gasteiger charge is 2.09. The van der Waals surface area contributed by atoms with Crippen molar-refractivity contribution in [2.75, 3.05) is 5.32 Å². The topological polar surface area (TPSA) is 80.9 Å². The summed E-state index contributed by atoms with van der Waals surface area (Å²) in [7, 11) is 0. The summed E-state index contributed by atoms with van der Waals surface area (Å²) in [6.45, 7) is 0.486. The maximum Gasteiger partial charge on any atom is 0.271 e. The molecule has 0 saturated carbocycles. The quantitative estimate of drug-likeness (QED) is 0.881. The average molecular weight is 263 g/mol. The summed E-state index contributed by atoms with van der Waals surface area (Å²) >= 11 is 5.88. The van der Waals surface area contributed by atoms with E-state index in [4.69, 9.17) is 17.3 Å². The second-order valence-corrected chi connectivity index (χ2v) is 4.04. The first kappa shape index (κ1) is 12.3. The van der Waals surface area contributed by atoms with Gasteiger partial charge in [0.25, 0.3) is 5.91 Å². The fraction of sp³-hybridized carbons (Fsp3) is 0.0833. The largest absolute Gasteiger partial charge is 0.364 e. The van der Waals surface area contributed by atoms with Crippen molar-refractivity contribution in [1.82, 2.24) is 9.97 Å². The molecule has 0 bridgehead atoms. The molecular formula is C12H11ClN4O. The number of aromatic nitrogens is 2. The summed E-state index contributed by atoms with van der Waals surface area (Å²) in [6, 6.07) is 7.39. The van der Waals surface area contributed by atoms with Crippen LogP contribution in [0.4, 0.5) is 5.82 Å². The van der Waals surface area contributed by atoms with Crippen LogP contribution in [0.5, 0.6) is 0 Å². The van der Waals surface area contributed by atoms with Gasteiger partial charge in [0.05, 0.1) is 0 Å². The van der Waals surface area contributed by atoms with E-state index in [0.717, 1.165) is 5.56 Å². The highest BCUT2D eigenvalue weighted by molar-refractivity contribution is 6.30. The Morgan fingerprint density at radius 2 is 2.11 bits per heavy atom. The van der Waals surface area contributed by atoms with E-state index >= 15 is 0 Å². The van der Waals surface area contributed by atoms with E-state index in [1.54, 1.807) is 6.07 Å². The van der Waals surface area contributed by atoms with Crippen molar-refractivity contribution in [3.8, 4) is 0 Å². The van der Waals surface area contributed by atoms with Gasteiger partial charge >= 0.3 is 0 Å². The van der Waals surface area contributed by atoms with Crippen molar-refractivity contribution >= 4 is 23.3 Å². The lowest BCUT2D eigenvalue weighted by molar-refractivity contribution is 0.0996. The Kier molecular flexibility index (Phi) is 3.74. The maximum absolute atomic E-state index is 11.1. The molecule has 18 heavy (non-hydrogen) atoms. The predicted octanol–water partition coefficient (Wildman–Crippen LogP) is 1.84. The molecule has 1 amide bonds. The number of primary amides is 1. The fourth-order valence-electron chi connectivity index (χ4n) is 1.48. The molecule has 1 aromatic heterocycles. The Morgan fingerprint density at radius 3 is 2.83 bits per heavy atom. The fourth-order valence-corrected chi connectivity index (χ4v) is 1.69. The third-order valence-electron chi connectivity index (χ3n) is 2.28. The van der Waals surface area contributed by atoms with E-state index in [-0.39, 0.29) is 5.69 Å².